The Morgan fingerprint density at radius 1 is 0.351 bits per heavy atom. The van der Waals surface area contributed by atoms with Crippen molar-refractivity contribution >= 4 is 11.9 Å². The van der Waals surface area contributed by atoms with Crippen molar-refractivity contribution in [2.75, 3.05) is 13.2 Å². The largest absolute Gasteiger partial charge is 0.466 e. The van der Waals surface area contributed by atoms with Crippen molar-refractivity contribution in [3.8, 4) is 0 Å². The Kier molecular flexibility index (Phi) is 64.9. The van der Waals surface area contributed by atoms with Crippen molar-refractivity contribution in [1.29, 1.82) is 0 Å². The fourth-order valence-corrected chi connectivity index (χ4v) is 10.8. The lowest BCUT2D eigenvalue weighted by Gasteiger charge is -2.20. The molecule has 0 saturated heterocycles. The Balaban J connectivity index is 3.44. The van der Waals surface area contributed by atoms with Gasteiger partial charge in [0.2, 0.25) is 5.91 Å². The molecular weight excluding hydrogens is 947 g/mol. The third-order valence-corrected chi connectivity index (χ3v) is 16.1. The third-order valence-electron chi connectivity index (χ3n) is 16.1. The van der Waals surface area contributed by atoms with Crippen LogP contribution in [0.2, 0.25) is 0 Å². The number of aliphatic hydroxyl groups excluding tert-OH is 2. The predicted octanol–water partition coefficient (Wildman–Crippen LogP) is 22.3. The normalized spacial score (nSPS) is 12.7. The highest BCUT2D eigenvalue weighted by Gasteiger charge is 2.18. The molecule has 2 unspecified atom stereocenters. The van der Waals surface area contributed by atoms with Crippen molar-refractivity contribution in [2.45, 2.75) is 392 Å². The van der Waals surface area contributed by atoms with Crippen LogP contribution in [0.4, 0.5) is 0 Å². The number of rotatable bonds is 65. The monoisotopic (exact) mass is 1080 g/mol. The first-order valence-corrected chi connectivity index (χ1v) is 34.8. The molecule has 0 aromatic rings. The second-order valence-corrected chi connectivity index (χ2v) is 23.9. The van der Waals surface area contributed by atoms with E-state index in [9.17, 15) is 19.8 Å². The van der Waals surface area contributed by atoms with Gasteiger partial charge in [0.1, 0.15) is 0 Å². The first kappa shape index (κ1) is 75.1. The summed E-state index contributed by atoms with van der Waals surface area (Å²) in [6.45, 7) is 4.92. The van der Waals surface area contributed by atoms with Crippen molar-refractivity contribution in [3.63, 3.8) is 0 Å². The Morgan fingerprint density at radius 3 is 0.922 bits per heavy atom. The highest BCUT2D eigenvalue weighted by molar-refractivity contribution is 5.76. The summed E-state index contributed by atoms with van der Waals surface area (Å²) < 4.78 is 5.48. The van der Waals surface area contributed by atoms with E-state index < -0.39 is 12.1 Å². The number of nitrogens with one attached hydrogen (secondary N) is 1. The number of allylic oxidation sites excluding steroid dienone is 5. The van der Waals surface area contributed by atoms with Gasteiger partial charge in [-0.2, -0.15) is 0 Å². The van der Waals surface area contributed by atoms with Gasteiger partial charge in [-0.15, -0.1) is 0 Å². The van der Waals surface area contributed by atoms with Crippen LogP contribution in [0.5, 0.6) is 0 Å². The Hall–Kier alpha value is -1.92. The molecule has 77 heavy (non-hydrogen) atoms. The molecule has 0 spiro atoms. The van der Waals surface area contributed by atoms with Crippen molar-refractivity contribution in [3.05, 3.63) is 36.5 Å². The molecule has 2 atom stereocenters. The van der Waals surface area contributed by atoms with Gasteiger partial charge in [0.05, 0.1) is 25.4 Å². The Morgan fingerprint density at radius 2 is 0.610 bits per heavy atom. The van der Waals surface area contributed by atoms with Gasteiger partial charge in [0, 0.05) is 12.8 Å². The van der Waals surface area contributed by atoms with Gasteiger partial charge in [-0.3, -0.25) is 9.59 Å². The molecule has 0 bridgehead atoms. The fraction of sp³-hybridized carbons (Fsp3) is 0.887. The second-order valence-electron chi connectivity index (χ2n) is 23.9. The summed E-state index contributed by atoms with van der Waals surface area (Å²) in [6.07, 6.45) is 85.0. The second kappa shape index (κ2) is 66.6. The lowest BCUT2D eigenvalue weighted by atomic mass is 10.0. The van der Waals surface area contributed by atoms with Crippen LogP contribution in [-0.4, -0.2) is 47.4 Å². The molecule has 0 radical (unpaired) electrons. The van der Waals surface area contributed by atoms with Crippen molar-refractivity contribution in [2.24, 2.45) is 0 Å². The van der Waals surface area contributed by atoms with Crippen LogP contribution in [0.15, 0.2) is 36.5 Å². The highest BCUT2D eigenvalue weighted by Crippen LogP contribution is 2.18. The van der Waals surface area contributed by atoms with E-state index in [1.54, 1.807) is 6.08 Å². The number of carbonyl (C=O) groups excluding carboxylic acids is 2. The molecular formula is C71H135NO5. The summed E-state index contributed by atoms with van der Waals surface area (Å²) in [5.74, 6) is -0.0679. The predicted molar refractivity (Wildman–Crippen MR) is 338 cm³/mol. The summed E-state index contributed by atoms with van der Waals surface area (Å²) in [6, 6.07) is -0.634. The van der Waals surface area contributed by atoms with E-state index in [2.05, 4.69) is 43.5 Å². The van der Waals surface area contributed by atoms with Gasteiger partial charge < -0.3 is 20.3 Å². The maximum Gasteiger partial charge on any atom is 0.305 e. The van der Waals surface area contributed by atoms with Gasteiger partial charge in [-0.1, -0.05) is 320 Å². The number of unbranched alkanes of at least 4 members (excludes halogenated alkanes) is 50. The summed E-state index contributed by atoms with van der Waals surface area (Å²) in [4.78, 5) is 24.6. The molecule has 0 rings (SSSR count). The van der Waals surface area contributed by atoms with E-state index >= 15 is 0 Å². The lowest BCUT2D eigenvalue weighted by molar-refractivity contribution is -0.143. The third kappa shape index (κ3) is 63.1. The van der Waals surface area contributed by atoms with E-state index in [0.29, 0.717) is 19.4 Å². The standard InChI is InChI=1S/C71H135NO5/c1-3-5-7-9-11-13-15-17-19-20-21-22-24-27-30-33-36-39-43-47-51-55-59-63-69(74)68(67-73)72-70(75)64-60-56-52-48-44-40-37-34-31-28-25-23-26-29-32-35-38-42-46-50-54-58-62-66-77-71(76)65-61-57-53-49-45-41-18-16-14-12-10-8-6-4-2/h16,18,28,31,59,63,68-69,73-74H,3-15,17,19-27,29-30,32-58,60-62,64-67H2,1-2H3,(H,72,75)/b18-16-,31-28-,63-59+. The maximum absolute atomic E-state index is 12.5. The average molecular weight is 1080 g/mol. The molecule has 6 nitrogen and oxygen atoms in total. The van der Waals surface area contributed by atoms with E-state index in [1.807, 2.05) is 6.08 Å². The molecule has 454 valence electrons. The van der Waals surface area contributed by atoms with Gasteiger partial charge >= 0.3 is 5.97 Å². The minimum atomic E-state index is -0.850. The molecule has 0 aromatic carbocycles. The van der Waals surface area contributed by atoms with E-state index in [-0.39, 0.29) is 18.5 Å². The van der Waals surface area contributed by atoms with Gasteiger partial charge in [-0.05, 0) is 83.5 Å². The zero-order valence-corrected chi connectivity index (χ0v) is 52.0. The molecule has 3 N–H and O–H groups in total. The number of carbonyl (C=O) groups is 2. The zero-order chi connectivity index (χ0) is 55.7. The van der Waals surface area contributed by atoms with E-state index in [1.165, 1.54) is 302 Å². The van der Waals surface area contributed by atoms with Crippen molar-refractivity contribution in [1.82, 2.24) is 5.32 Å². The number of hydrogen-bond donors (Lipinski definition) is 3. The Labute approximate surface area is 481 Å². The minimum Gasteiger partial charge on any atom is -0.466 e. The molecule has 0 aromatic heterocycles. The van der Waals surface area contributed by atoms with Crippen LogP contribution in [0, 0.1) is 0 Å². The highest BCUT2D eigenvalue weighted by atomic mass is 16.5. The van der Waals surface area contributed by atoms with Crippen molar-refractivity contribution < 1.29 is 24.5 Å². The van der Waals surface area contributed by atoms with Crippen LogP contribution < -0.4 is 5.32 Å². The Bertz CT molecular complexity index is 1250. The summed E-state index contributed by atoms with van der Waals surface area (Å²) in [5.41, 5.74) is 0. The van der Waals surface area contributed by atoms with E-state index in [0.717, 1.165) is 51.4 Å². The fourth-order valence-electron chi connectivity index (χ4n) is 10.8. The van der Waals surface area contributed by atoms with Gasteiger partial charge in [-0.25, -0.2) is 0 Å². The number of ether oxygens (including phenoxy) is 1. The molecule has 0 saturated carbocycles. The quantitative estimate of drug-likeness (QED) is 0.0320. The van der Waals surface area contributed by atoms with Gasteiger partial charge in [0.25, 0.3) is 0 Å². The van der Waals surface area contributed by atoms with Crippen LogP contribution >= 0.6 is 0 Å². The van der Waals surface area contributed by atoms with E-state index in [4.69, 9.17) is 4.74 Å². The number of hydrogen-bond acceptors (Lipinski definition) is 5. The number of esters is 1. The maximum atomic E-state index is 12.5. The van der Waals surface area contributed by atoms with Crippen LogP contribution in [-0.2, 0) is 14.3 Å². The van der Waals surface area contributed by atoms with Crippen LogP contribution in [0.3, 0.4) is 0 Å². The number of aliphatic hydroxyl groups is 2. The minimum absolute atomic E-state index is 0.00288. The van der Waals surface area contributed by atoms with Crippen LogP contribution in [0.1, 0.15) is 380 Å². The number of amides is 1. The SMILES string of the molecule is CCCCCCC/C=C\CCCCCCCC(=O)OCCCCCCCCCCCCCC/C=C\CCCCCCCCCC(=O)NC(CO)C(O)/C=C/CCCCCCCCCCCCCCCCCCCCCCC. The molecule has 0 aliphatic heterocycles. The summed E-state index contributed by atoms with van der Waals surface area (Å²) in [7, 11) is 0. The van der Waals surface area contributed by atoms with Gasteiger partial charge in [0.15, 0.2) is 0 Å². The topological polar surface area (TPSA) is 95.9 Å². The summed E-state index contributed by atoms with van der Waals surface area (Å²) in [5, 5.41) is 23.3. The zero-order valence-electron chi connectivity index (χ0n) is 52.0. The first-order valence-electron chi connectivity index (χ1n) is 34.8. The molecule has 0 fully saturated rings. The molecule has 0 aliphatic carbocycles. The van der Waals surface area contributed by atoms with Crippen LogP contribution in [0.25, 0.3) is 0 Å². The smallest absolute Gasteiger partial charge is 0.305 e. The summed E-state index contributed by atoms with van der Waals surface area (Å²) >= 11 is 0. The lowest BCUT2D eigenvalue weighted by Crippen LogP contribution is -2.45. The molecule has 6 heteroatoms. The molecule has 0 aliphatic rings. The average Bonchev–Trinajstić information content (AvgIpc) is 3.43. The molecule has 0 heterocycles. The first-order chi connectivity index (χ1) is 38.0. The molecule has 1 amide bonds.